The summed E-state index contributed by atoms with van der Waals surface area (Å²) in [5.41, 5.74) is 7.92. The van der Waals surface area contributed by atoms with Gasteiger partial charge in [-0.2, -0.15) is 10.5 Å². The van der Waals surface area contributed by atoms with Crippen molar-refractivity contribution in [2.45, 2.75) is 0 Å². The Morgan fingerprint density at radius 3 is 1.27 bits per heavy atom. The number of nitrogens with zero attached hydrogens (tertiary/aromatic N) is 5. The third kappa shape index (κ3) is 6.45. The predicted molar refractivity (Wildman–Crippen MR) is 163 cm³/mol. The highest BCUT2D eigenvalue weighted by atomic mass is 15.1. The minimum atomic E-state index is 0.614. The van der Waals surface area contributed by atoms with Crippen LogP contribution in [0, 0.1) is 22.7 Å². The molecule has 2 aromatic heterocycles. The van der Waals surface area contributed by atoms with E-state index in [1.54, 1.807) is 0 Å². The molecule has 2 heterocycles. The van der Waals surface area contributed by atoms with Crippen molar-refractivity contribution in [1.29, 1.82) is 10.5 Å². The molecule has 0 atom stereocenters. The van der Waals surface area contributed by atoms with Gasteiger partial charge in [0.25, 0.3) is 0 Å². The Morgan fingerprint density at radius 1 is 0.537 bits per heavy atom. The van der Waals surface area contributed by atoms with E-state index in [0.29, 0.717) is 11.1 Å². The van der Waals surface area contributed by atoms with E-state index in [9.17, 15) is 10.5 Å². The van der Waals surface area contributed by atoms with Gasteiger partial charge in [-0.25, -0.2) is 9.13 Å². The number of pyridine rings is 2. The van der Waals surface area contributed by atoms with E-state index >= 15 is 0 Å². The van der Waals surface area contributed by atoms with Crippen molar-refractivity contribution in [3.63, 3.8) is 0 Å². The van der Waals surface area contributed by atoms with Gasteiger partial charge in [0.1, 0.15) is 14.1 Å². The Balaban J connectivity index is 1.46. The molecule has 41 heavy (non-hydrogen) atoms. The van der Waals surface area contributed by atoms with Crippen molar-refractivity contribution in [3.05, 3.63) is 150 Å². The van der Waals surface area contributed by atoms with Crippen molar-refractivity contribution in [3.8, 4) is 12.1 Å². The van der Waals surface area contributed by atoms with Crippen molar-refractivity contribution in [2.24, 2.45) is 14.1 Å². The molecule has 0 N–H and O–H groups in total. The normalized spacial score (nSPS) is 11.4. The summed E-state index contributed by atoms with van der Waals surface area (Å²) in [6, 6.07) is 39.0. The molecule has 3 aromatic carbocycles. The summed E-state index contributed by atoms with van der Waals surface area (Å²) in [6.45, 7) is 0. The van der Waals surface area contributed by atoms with Crippen LogP contribution in [0.1, 0.15) is 22.3 Å². The first-order chi connectivity index (χ1) is 20.0. The Morgan fingerprint density at radius 2 is 0.902 bits per heavy atom. The largest absolute Gasteiger partial charge is 0.311 e. The molecule has 5 aromatic rings. The number of hydrogen-bond acceptors (Lipinski definition) is 3. The number of hydrogen-bond donors (Lipinski definition) is 0. The van der Waals surface area contributed by atoms with Crippen LogP contribution in [0.25, 0.3) is 23.3 Å². The molecule has 5 heteroatoms. The topological polar surface area (TPSA) is 58.6 Å². The van der Waals surface area contributed by atoms with Gasteiger partial charge in [0.15, 0.2) is 24.8 Å². The first-order valence-corrected chi connectivity index (χ1v) is 13.2. The molecule has 0 unspecified atom stereocenters. The summed E-state index contributed by atoms with van der Waals surface area (Å²) in [4.78, 5) is 2.19. The lowest BCUT2D eigenvalue weighted by molar-refractivity contribution is -0.671. The van der Waals surface area contributed by atoms with Gasteiger partial charge in [-0.3, -0.25) is 0 Å². The predicted octanol–water partition coefficient (Wildman–Crippen LogP) is 6.93. The lowest BCUT2D eigenvalue weighted by Gasteiger charge is -2.25. The average Bonchev–Trinajstić information content (AvgIpc) is 3.02. The van der Waals surface area contributed by atoms with Gasteiger partial charge in [0, 0.05) is 52.5 Å². The number of allylic oxidation sites excluding steroid dienone is 2. The minimum Gasteiger partial charge on any atom is -0.311 e. The van der Waals surface area contributed by atoms with Gasteiger partial charge in [0.2, 0.25) is 0 Å². The van der Waals surface area contributed by atoms with Crippen LogP contribution in [-0.4, -0.2) is 0 Å². The summed E-state index contributed by atoms with van der Waals surface area (Å²) in [5, 5.41) is 19.5. The Kier molecular flexibility index (Phi) is 8.10. The molecule has 0 aliphatic heterocycles. The van der Waals surface area contributed by atoms with E-state index < -0.39 is 0 Å². The van der Waals surface area contributed by atoms with Crippen LogP contribution in [0.5, 0.6) is 0 Å². The third-order valence-electron chi connectivity index (χ3n) is 6.76. The monoisotopic (exact) mass is 531 g/mol. The number of anilines is 3. The second-order valence-electron chi connectivity index (χ2n) is 9.70. The molecule has 0 saturated heterocycles. The maximum atomic E-state index is 9.76. The van der Waals surface area contributed by atoms with Crippen LogP contribution in [0.3, 0.4) is 0 Å². The smallest absolute Gasteiger partial charge is 0.169 e. The lowest BCUT2D eigenvalue weighted by Crippen LogP contribution is -2.25. The summed E-state index contributed by atoms with van der Waals surface area (Å²) >= 11 is 0. The standard InChI is InChI=1S/C36H29N5/c1-39-20-16-30(17-21-39)32(26-37)24-28-8-12-35(13-9-28)41(34-6-4-3-5-7-34)36-14-10-29(11-15-36)25-33(27-38)31-18-22-40(2)23-19-31/h3-25H,1-2H3/q+2. The average molecular weight is 532 g/mol. The van der Waals surface area contributed by atoms with Crippen LogP contribution in [0.4, 0.5) is 17.1 Å². The Hall–Kier alpha value is -5.78. The highest BCUT2D eigenvalue weighted by Gasteiger charge is 2.13. The summed E-state index contributed by atoms with van der Waals surface area (Å²) in [5.74, 6) is 0. The molecular formula is C36H29N5+2. The van der Waals surface area contributed by atoms with E-state index in [4.69, 9.17) is 0 Å². The SMILES string of the molecule is C[n+]1ccc(/C(C#N)=C/c2ccc(N(c3ccccc3)c3ccc(/C=C(/C#N)c4cc[n+](C)cc4)cc3)cc2)cc1. The number of rotatable bonds is 7. The maximum Gasteiger partial charge on any atom is 0.169 e. The molecule has 0 aliphatic rings. The highest BCUT2D eigenvalue weighted by molar-refractivity contribution is 5.91. The van der Waals surface area contributed by atoms with Crippen LogP contribution in [0.2, 0.25) is 0 Å². The minimum absolute atomic E-state index is 0.614. The maximum absolute atomic E-state index is 9.76. The fourth-order valence-corrected chi connectivity index (χ4v) is 4.52. The van der Waals surface area contributed by atoms with Crippen molar-refractivity contribution in [1.82, 2.24) is 0 Å². The van der Waals surface area contributed by atoms with E-state index in [0.717, 1.165) is 39.3 Å². The zero-order chi connectivity index (χ0) is 28.6. The lowest BCUT2D eigenvalue weighted by atomic mass is 10.0. The van der Waals surface area contributed by atoms with Crippen LogP contribution >= 0.6 is 0 Å². The van der Waals surface area contributed by atoms with E-state index in [1.165, 1.54) is 0 Å². The van der Waals surface area contributed by atoms with E-state index in [1.807, 2.05) is 127 Å². The Labute approximate surface area is 241 Å². The fourth-order valence-electron chi connectivity index (χ4n) is 4.52. The van der Waals surface area contributed by atoms with E-state index in [-0.39, 0.29) is 0 Å². The number of para-hydroxylation sites is 1. The van der Waals surface area contributed by atoms with Crippen LogP contribution < -0.4 is 14.0 Å². The van der Waals surface area contributed by atoms with Gasteiger partial charge in [-0.15, -0.1) is 0 Å². The molecule has 0 radical (unpaired) electrons. The first kappa shape index (κ1) is 26.8. The van der Waals surface area contributed by atoms with E-state index in [2.05, 4.69) is 53.4 Å². The molecular weight excluding hydrogens is 502 g/mol. The number of aryl methyl sites for hydroxylation is 2. The van der Waals surface area contributed by atoms with Crippen LogP contribution in [0.15, 0.2) is 128 Å². The molecule has 0 amide bonds. The van der Waals surface area contributed by atoms with Gasteiger partial charge in [-0.05, 0) is 59.7 Å². The zero-order valence-electron chi connectivity index (χ0n) is 23.0. The first-order valence-electron chi connectivity index (χ1n) is 13.2. The van der Waals surface area contributed by atoms with Gasteiger partial charge in [0.05, 0.1) is 23.3 Å². The number of benzene rings is 3. The second kappa shape index (κ2) is 12.4. The zero-order valence-corrected chi connectivity index (χ0v) is 23.0. The summed E-state index contributed by atoms with van der Waals surface area (Å²) in [6.07, 6.45) is 11.6. The molecule has 0 spiro atoms. The third-order valence-corrected chi connectivity index (χ3v) is 6.76. The molecule has 0 saturated carbocycles. The van der Waals surface area contributed by atoms with Crippen molar-refractivity contribution >= 4 is 40.4 Å². The highest BCUT2D eigenvalue weighted by Crippen LogP contribution is 2.35. The van der Waals surface area contributed by atoms with Crippen molar-refractivity contribution in [2.75, 3.05) is 4.90 Å². The molecule has 0 bridgehead atoms. The summed E-state index contributed by atoms with van der Waals surface area (Å²) < 4.78 is 3.89. The molecule has 5 nitrogen and oxygen atoms in total. The number of nitriles is 2. The van der Waals surface area contributed by atoms with Crippen LogP contribution in [-0.2, 0) is 14.1 Å². The molecule has 196 valence electrons. The fraction of sp³-hybridized carbons (Fsp3) is 0.0556. The summed E-state index contributed by atoms with van der Waals surface area (Å²) in [7, 11) is 3.91. The van der Waals surface area contributed by atoms with Crippen molar-refractivity contribution < 1.29 is 9.13 Å². The van der Waals surface area contributed by atoms with Gasteiger partial charge >= 0.3 is 0 Å². The molecule has 0 aliphatic carbocycles. The van der Waals surface area contributed by atoms with Gasteiger partial charge in [-0.1, -0.05) is 42.5 Å². The Bertz CT molecular complexity index is 1650. The molecule has 0 fully saturated rings. The number of aromatic nitrogens is 2. The molecule has 5 rings (SSSR count). The second-order valence-corrected chi connectivity index (χ2v) is 9.70. The van der Waals surface area contributed by atoms with Gasteiger partial charge < -0.3 is 4.90 Å². The quantitative estimate of drug-likeness (QED) is 0.169.